The first-order chi connectivity index (χ1) is 12.0. The van der Waals surface area contributed by atoms with Gasteiger partial charge in [-0.25, -0.2) is 4.68 Å². The molecule has 0 saturated carbocycles. The number of benzene rings is 2. The van der Waals surface area contributed by atoms with Crippen molar-refractivity contribution in [2.45, 2.75) is 0 Å². The van der Waals surface area contributed by atoms with E-state index in [0.29, 0.717) is 11.4 Å². The maximum Gasteiger partial charge on any atom is 0.271 e. The van der Waals surface area contributed by atoms with Crippen LogP contribution in [0.3, 0.4) is 0 Å². The first kappa shape index (κ1) is 16.2. The smallest absolute Gasteiger partial charge is 0.271 e. The van der Waals surface area contributed by atoms with Gasteiger partial charge in [-0.05, 0) is 24.3 Å². The number of nitro benzene ring substituents is 1. The van der Waals surface area contributed by atoms with Crippen LogP contribution in [-0.2, 0) is 0 Å². The van der Waals surface area contributed by atoms with Crippen LogP contribution in [0.25, 0.3) is 5.69 Å². The highest BCUT2D eigenvalue weighted by molar-refractivity contribution is 6.10. The number of aromatic hydroxyl groups is 1. The summed E-state index contributed by atoms with van der Waals surface area (Å²) in [5.41, 5.74) is 0.683. The van der Waals surface area contributed by atoms with Gasteiger partial charge in [-0.2, -0.15) is 5.10 Å². The molecule has 0 unspecified atom stereocenters. The van der Waals surface area contributed by atoms with Crippen molar-refractivity contribution in [2.24, 2.45) is 0 Å². The number of phenols is 1. The van der Waals surface area contributed by atoms with Crippen LogP contribution in [0.4, 0.5) is 5.69 Å². The lowest BCUT2D eigenvalue weighted by Gasteiger charge is -2.05. The van der Waals surface area contributed by atoms with Crippen molar-refractivity contribution in [1.82, 2.24) is 9.78 Å². The van der Waals surface area contributed by atoms with Crippen LogP contribution in [0.2, 0.25) is 0 Å². The number of hydrogen-bond donors (Lipinski definition) is 1. The van der Waals surface area contributed by atoms with Gasteiger partial charge in [0.25, 0.3) is 5.69 Å². The van der Waals surface area contributed by atoms with Crippen molar-refractivity contribution in [3.05, 3.63) is 76.1 Å². The Bertz CT molecular complexity index is 964. The molecule has 1 aromatic heterocycles. The number of carbonyl (C=O) groups is 1. The zero-order chi connectivity index (χ0) is 18.0. The highest BCUT2D eigenvalue weighted by atomic mass is 16.6. The summed E-state index contributed by atoms with van der Waals surface area (Å²) in [5.74, 6) is -0.172. The molecule has 8 heteroatoms. The number of methoxy groups -OCH3 is 1. The lowest BCUT2D eigenvalue weighted by molar-refractivity contribution is -0.384. The van der Waals surface area contributed by atoms with Crippen LogP contribution in [0.5, 0.6) is 11.5 Å². The molecule has 1 heterocycles. The summed E-state index contributed by atoms with van der Waals surface area (Å²) in [5, 5.41) is 24.8. The van der Waals surface area contributed by atoms with Crippen molar-refractivity contribution < 1.29 is 19.6 Å². The SMILES string of the molecule is COc1ccc(O)c(C(=O)c2cnn(-c3cccc([N+](=O)[O-])c3)c2)c1. The Labute approximate surface area is 142 Å². The fourth-order valence-electron chi connectivity index (χ4n) is 2.31. The monoisotopic (exact) mass is 339 g/mol. The van der Waals surface area contributed by atoms with Gasteiger partial charge >= 0.3 is 0 Å². The maximum absolute atomic E-state index is 12.6. The molecule has 1 N–H and O–H groups in total. The van der Waals surface area contributed by atoms with Gasteiger partial charge in [0, 0.05) is 18.3 Å². The van der Waals surface area contributed by atoms with E-state index in [9.17, 15) is 20.0 Å². The Hall–Kier alpha value is -3.68. The fourth-order valence-corrected chi connectivity index (χ4v) is 2.31. The number of rotatable bonds is 5. The molecule has 0 fully saturated rings. The molecule has 0 spiro atoms. The highest BCUT2D eigenvalue weighted by Crippen LogP contribution is 2.26. The topological polar surface area (TPSA) is 107 Å². The molecule has 0 radical (unpaired) electrons. The van der Waals surface area contributed by atoms with Crippen molar-refractivity contribution in [3.8, 4) is 17.2 Å². The van der Waals surface area contributed by atoms with Gasteiger partial charge in [-0.15, -0.1) is 0 Å². The Morgan fingerprint density at radius 1 is 1.28 bits per heavy atom. The van der Waals surface area contributed by atoms with Gasteiger partial charge in [0.15, 0.2) is 5.78 Å². The third-order valence-corrected chi connectivity index (χ3v) is 3.60. The minimum atomic E-state index is -0.507. The van der Waals surface area contributed by atoms with Crippen LogP contribution >= 0.6 is 0 Å². The molecule has 0 bridgehead atoms. The van der Waals surface area contributed by atoms with Gasteiger partial charge < -0.3 is 9.84 Å². The van der Waals surface area contributed by atoms with Gasteiger partial charge in [-0.1, -0.05) is 6.07 Å². The molecule has 25 heavy (non-hydrogen) atoms. The largest absolute Gasteiger partial charge is 0.507 e. The normalized spacial score (nSPS) is 10.4. The number of nitro groups is 1. The lowest BCUT2D eigenvalue weighted by atomic mass is 10.1. The fraction of sp³-hybridized carbons (Fsp3) is 0.0588. The average molecular weight is 339 g/mol. The van der Waals surface area contributed by atoms with Gasteiger partial charge in [0.05, 0.1) is 35.0 Å². The first-order valence-electron chi connectivity index (χ1n) is 7.21. The predicted octanol–water partition coefficient (Wildman–Crippen LogP) is 2.73. The molecule has 126 valence electrons. The van der Waals surface area contributed by atoms with E-state index >= 15 is 0 Å². The molecule has 3 aromatic rings. The standard InChI is InChI=1S/C17H13N3O5/c1-25-14-5-6-16(21)15(8-14)17(22)11-9-18-19(10-11)12-3-2-4-13(7-12)20(23)24/h2-10,21H,1H3. The minimum absolute atomic E-state index is 0.0775. The van der Waals surface area contributed by atoms with Crippen LogP contribution in [-0.4, -0.2) is 32.7 Å². The second-order valence-electron chi connectivity index (χ2n) is 5.16. The molecule has 8 nitrogen and oxygen atoms in total. The summed E-state index contributed by atoms with van der Waals surface area (Å²) >= 11 is 0. The van der Waals surface area contributed by atoms with Crippen LogP contribution < -0.4 is 4.74 Å². The molecular formula is C17H13N3O5. The molecule has 3 rings (SSSR count). The highest BCUT2D eigenvalue weighted by Gasteiger charge is 2.17. The van der Waals surface area contributed by atoms with E-state index in [-0.39, 0.29) is 22.6 Å². The molecule has 2 aromatic carbocycles. The second kappa shape index (κ2) is 6.44. The number of phenolic OH excluding ortho intramolecular Hbond substituents is 1. The van der Waals surface area contributed by atoms with Crippen molar-refractivity contribution in [2.75, 3.05) is 7.11 Å². The number of ether oxygens (including phenoxy) is 1. The minimum Gasteiger partial charge on any atom is -0.507 e. The third-order valence-electron chi connectivity index (χ3n) is 3.60. The maximum atomic E-state index is 12.6. The summed E-state index contributed by atoms with van der Waals surface area (Å²) in [6.45, 7) is 0. The summed E-state index contributed by atoms with van der Waals surface area (Å²) in [4.78, 5) is 22.9. The van der Waals surface area contributed by atoms with E-state index in [1.807, 2.05) is 0 Å². The predicted molar refractivity (Wildman–Crippen MR) is 88.3 cm³/mol. The first-order valence-corrected chi connectivity index (χ1v) is 7.21. The zero-order valence-electron chi connectivity index (χ0n) is 13.1. The number of non-ortho nitro benzene ring substituents is 1. The second-order valence-corrected chi connectivity index (χ2v) is 5.16. The number of aromatic nitrogens is 2. The number of carbonyl (C=O) groups excluding carboxylic acids is 1. The summed E-state index contributed by atoms with van der Waals surface area (Å²) in [6.07, 6.45) is 2.78. The van der Waals surface area contributed by atoms with E-state index in [0.717, 1.165) is 0 Å². The molecule has 0 atom stereocenters. The van der Waals surface area contributed by atoms with Crippen molar-refractivity contribution in [1.29, 1.82) is 0 Å². The Morgan fingerprint density at radius 3 is 2.80 bits per heavy atom. The van der Waals surface area contributed by atoms with Crippen molar-refractivity contribution >= 4 is 11.5 Å². The van der Waals surface area contributed by atoms with E-state index < -0.39 is 10.7 Å². The Morgan fingerprint density at radius 2 is 2.08 bits per heavy atom. The summed E-state index contributed by atoms with van der Waals surface area (Å²) < 4.78 is 6.42. The van der Waals surface area contributed by atoms with Gasteiger partial charge in [-0.3, -0.25) is 14.9 Å². The van der Waals surface area contributed by atoms with Crippen LogP contribution in [0.15, 0.2) is 54.9 Å². The quantitative estimate of drug-likeness (QED) is 0.435. The van der Waals surface area contributed by atoms with Crippen LogP contribution in [0, 0.1) is 10.1 Å². The van der Waals surface area contributed by atoms with Crippen LogP contribution in [0.1, 0.15) is 15.9 Å². The van der Waals surface area contributed by atoms with Gasteiger partial charge in [0.1, 0.15) is 11.5 Å². The summed E-state index contributed by atoms with van der Waals surface area (Å²) in [7, 11) is 1.46. The molecule has 0 aliphatic heterocycles. The Kier molecular flexibility index (Phi) is 4.17. The number of ketones is 1. The zero-order valence-corrected chi connectivity index (χ0v) is 13.1. The van der Waals surface area contributed by atoms with Crippen molar-refractivity contribution in [3.63, 3.8) is 0 Å². The molecule has 0 aliphatic rings. The number of hydrogen-bond acceptors (Lipinski definition) is 6. The number of nitrogens with zero attached hydrogens (tertiary/aromatic N) is 3. The van der Waals surface area contributed by atoms with E-state index in [1.165, 1.54) is 54.5 Å². The molecular weight excluding hydrogens is 326 g/mol. The van der Waals surface area contributed by atoms with Gasteiger partial charge in [0.2, 0.25) is 0 Å². The molecule has 0 amide bonds. The Balaban J connectivity index is 1.95. The van der Waals surface area contributed by atoms with E-state index in [4.69, 9.17) is 4.74 Å². The average Bonchev–Trinajstić information content (AvgIpc) is 3.12. The van der Waals surface area contributed by atoms with E-state index in [2.05, 4.69) is 5.10 Å². The summed E-state index contributed by atoms with van der Waals surface area (Å²) in [6, 6.07) is 10.2. The molecule has 0 aliphatic carbocycles. The molecule has 0 saturated heterocycles. The lowest BCUT2D eigenvalue weighted by Crippen LogP contribution is -2.01. The third kappa shape index (κ3) is 3.18. The van der Waals surface area contributed by atoms with E-state index in [1.54, 1.807) is 12.1 Å².